The molecule has 7 nitrogen and oxygen atoms in total. The van der Waals surface area contributed by atoms with E-state index in [0.29, 0.717) is 22.9 Å². The molecule has 0 fully saturated rings. The lowest BCUT2D eigenvalue weighted by molar-refractivity contribution is -0.112. The molecule has 0 saturated carbocycles. The molecule has 9 heteroatoms. The number of hydrogen-bond acceptors (Lipinski definition) is 7. The molecule has 0 aliphatic heterocycles. The van der Waals surface area contributed by atoms with E-state index in [9.17, 15) is 9.90 Å². The molecule has 1 aromatic carbocycles. The van der Waals surface area contributed by atoms with Crippen molar-refractivity contribution in [3.8, 4) is 10.9 Å². The van der Waals surface area contributed by atoms with Gasteiger partial charge in [-0.3, -0.25) is 10.1 Å². The van der Waals surface area contributed by atoms with Crippen LogP contribution in [-0.4, -0.2) is 41.5 Å². The zero-order chi connectivity index (χ0) is 30.4. The van der Waals surface area contributed by atoms with E-state index in [4.69, 9.17) is 9.47 Å². The lowest BCUT2D eigenvalue weighted by Crippen LogP contribution is -2.15. The van der Waals surface area contributed by atoms with Crippen LogP contribution in [0.2, 0.25) is 0 Å². The third-order valence-electron chi connectivity index (χ3n) is 6.06. The first-order chi connectivity index (χ1) is 19.7. The number of aliphatic hydroxyl groups excluding tert-OH is 1. The number of carbonyl (C=O) groups excluding carboxylic acids is 1. The maximum Gasteiger partial charge on any atom is 0.296 e. The predicted molar refractivity (Wildman–Crippen MR) is 166 cm³/mol. The maximum atomic E-state index is 15.1. The van der Waals surface area contributed by atoms with Crippen molar-refractivity contribution in [2.24, 2.45) is 0 Å². The number of anilines is 1. The highest BCUT2D eigenvalue weighted by Gasteiger charge is 2.21. The van der Waals surface area contributed by atoms with E-state index < -0.39 is 11.7 Å². The molecular weight excluding hydrogens is 541 g/mol. The third kappa shape index (κ3) is 9.95. The summed E-state index contributed by atoms with van der Waals surface area (Å²) in [5, 5.41) is 20.9. The van der Waals surface area contributed by atoms with Crippen molar-refractivity contribution in [1.29, 1.82) is 0 Å². The number of aliphatic hydroxyl groups is 1. The summed E-state index contributed by atoms with van der Waals surface area (Å²) < 4.78 is 26.5. The van der Waals surface area contributed by atoms with Crippen molar-refractivity contribution in [2.75, 3.05) is 25.6 Å². The maximum absolute atomic E-state index is 15.1. The van der Waals surface area contributed by atoms with Gasteiger partial charge in [0.2, 0.25) is 5.13 Å². The normalized spacial score (nSPS) is 13.2. The lowest BCUT2D eigenvalue weighted by Gasteiger charge is -2.15. The van der Waals surface area contributed by atoms with Crippen molar-refractivity contribution in [2.45, 2.75) is 54.4 Å². The molecule has 2 N–H and O–H groups in total. The Kier molecular flexibility index (Phi) is 13.9. The van der Waals surface area contributed by atoms with Crippen LogP contribution in [0.3, 0.4) is 0 Å². The number of methoxy groups -OCH3 is 1. The Bertz CT molecular complexity index is 1380. The van der Waals surface area contributed by atoms with Gasteiger partial charge in [-0.1, -0.05) is 72.6 Å². The number of amides is 1. The highest BCUT2D eigenvalue weighted by atomic mass is 32.1. The first-order valence-electron chi connectivity index (χ1n) is 13.5. The molecule has 0 aliphatic rings. The largest absolute Gasteiger partial charge is 0.496 e. The standard InChI is InChI=1S/C32H40FN3O4S/c1-8-11-13-25(26(18-21(4)5)29-27(33)14-12-15-28(29)39-7)30(38)34-31-35-36-32(41-31)40-20-24(22(6)9-2)17-16-23(10-3)19-37/h10-18,37H,8-9,19-20H2,1-7H3,(H,34,35,38)/b13-11+,17-16-,23-10+,24-22+,26-25-. The van der Waals surface area contributed by atoms with Gasteiger partial charge in [-0.25, -0.2) is 4.39 Å². The number of aromatic nitrogens is 2. The third-order valence-corrected chi connectivity index (χ3v) is 6.81. The number of nitrogens with zero attached hydrogens (tertiary/aromatic N) is 2. The Morgan fingerprint density at radius 2 is 1.90 bits per heavy atom. The lowest BCUT2D eigenvalue weighted by atomic mass is 9.95. The fourth-order valence-electron chi connectivity index (χ4n) is 3.64. The van der Waals surface area contributed by atoms with Crippen LogP contribution in [0, 0.1) is 5.82 Å². The van der Waals surface area contributed by atoms with Gasteiger partial charge in [0.1, 0.15) is 18.2 Å². The fraction of sp³-hybridized carbons (Fsp3) is 0.344. The van der Waals surface area contributed by atoms with Gasteiger partial charge in [0.15, 0.2) is 0 Å². The van der Waals surface area contributed by atoms with Gasteiger partial charge in [-0.05, 0) is 75.2 Å². The highest BCUT2D eigenvalue weighted by Crippen LogP contribution is 2.34. The van der Waals surface area contributed by atoms with Crippen LogP contribution in [0.1, 0.15) is 59.9 Å². The number of rotatable bonds is 14. The van der Waals surface area contributed by atoms with E-state index >= 15 is 4.39 Å². The molecule has 1 aromatic heterocycles. The number of hydrogen-bond donors (Lipinski definition) is 2. The van der Waals surface area contributed by atoms with E-state index in [1.165, 1.54) is 13.2 Å². The summed E-state index contributed by atoms with van der Waals surface area (Å²) in [4.78, 5) is 13.6. The van der Waals surface area contributed by atoms with Crippen molar-refractivity contribution < 1.29 is 23.8 Å². The van der Waals surface area contributed by atoms with Crippen LogP contribution in [0.4, 0.5) is 9.52 Å². The summed E-state index contributed by atoms with van der Waals surface area (Å²) in [5.74, 6) is -0.650. The summed E-state index contributed by atoms with van der Waals surface area (Å²) >= 11 is 1.09. The summed E-state index contributed by atoms with van der Waals surface area (Å²) in [6.07, 6.45) is 12.4. The van der Waals surface area contributed by atoms with Crippen LogP contribution in [0.25, 0.3) is 5.57 Å². The summed E-state index contributed by atoms with van der Waals surface area (Å²) in [5.41, 5.74) is 4.63. The molecule has 0 bridgehead atoms. The Morgan fingerprint density at radius 3 is 2.51 bits per heavy atom. The molecule has 41 heavy (non-hydrogen) atoms. The van der Waals surface area contributed by atoms with Crippen molar-refractivity contribution >= 4 is 27.9 Å². The van der Waals surface area contributed by atoms with Gasteiger partial charge >= 0.3 is 0 Å². The van der Waals surface area contributed by atoms with Crippen LogP contribution in [-0.2, 0) is 4.79 Å². The highest BCUT2D eigenvalue weighted by molar-refractivity contribution is 7.17. The molecule has 0 saturated heterocycles. The number of nitrogens with one attached hydrogen (secondary N) is 1. The average molecular weight is 582 g/mol. The molecule has 0 unspecified atom stereocenters. The van der Waals surface area contributed by atoms with Gasteiger partial charge in [0.25, 0.3) is 11.1 Å². The second-order valence-corrected chi connectivity index (χ2v) is 10.2. The quantitative estimate of drug-likeness (QED) is 0.176. The van der Waals surface area contributed by atoms with Gasteiger partial charge in [-0.2, -0.15) is 0 Å². The molecule has 2 aromatic rings. The SMILES string of the molecule is C\C=C(/C=C\C(COc1nnc(NC(=O)C(/C=C/CC)=C(/C=C(C)C)c2c(F)cccc2OC)s1)=C(\C)CC)CO. The molecule has 220 valence electrons. The monoisotopic (exact) mass is 581 g/mol. The molecule has 0 spiro atoms. The zero-order valence-corrected chi connectivity index (χ0v) is 25.7. The molecule has 0 atom stereocenters. The fourth-order valence-corrected chi connectivity index (χ4v) is 4.23. The Hall–Kier alpha value is -3.82. The molecular formula is C32H40FN3O4S. The van der Waals surface area contributed by atoms with Crippen LogP contribution in [0.5, 0.6) is 10.9 Å². The molecule has 1 amide bonds. The van der Waals surface area contributed by atoms with Gasteiger partial charge in [0, 0.05) is 11.1 Å². The minimum Gasteiger partial charge on any atom is -0.496 e. The van der Waals surface area contributed by atoms with E-state index in [1.54, 1.807) is 24.3 Å². The number of carbonyl (C=O) groups is 1. The first-order valence-corrected chi connectivity index (χ1v) is 14.3. The molecule has 0 aliphatic carbocycles. The Morgan fingerprint density at radius 1 is 1.15 bits per heavy atom. The van der Waals surface area contributed by atoms with Crippen LogP contribution in [0.15, 0.2) is 82.5 Å². The minimum absolute atomic E-state index is 0.0470. The second-order valence-electron chi connectivity index (χ2n) is 9.31. The van der Waals surface area contributed by atoms with Gasteiger partial charge in [0.05, 0.1) is 19.3 Å². The van der Waals surface area contributed by atoms with Crippen molar-refractivity contribution in [3.63, 3.8) is 0 Å². The number of halogens is 1. The van der Waals surface area contributed by atoms with E-state index in [-0.39, 0.29) is 29.5 Å². The topological polar surface area (TPSA) is 93.6 Å². The first kappa shape index (κ1) is 33.4. The summed E-state index contributed by atoms with van der Waals surface area (Å²) in [6, 6.07) is 4.56. The number of ether oxygens (including phenoxy) is 2. The van der Waals surface area contributed by atoms with Crippen LogP contribution < -0.4 is 14.8 Å². The van der Waals surface area contributed by atoms with Crippen LogP contribution >= 0.6 is 11.3 Å². The average Bonchev–Trinajstić information content (AvgIpc) is 3.40. The van der Waals surface area contributed by atoms with E-state index in [2.05, 4.69) is 22.4 Å². The minimum atomic E-state index is -0.500. The van der Waals surface area contributed by atoms with Gasteiger partial charge in [-0.15, -0.1) is 5.10 Å². The Labute approximate surface area is 246 Å². The summed E-state index contributed by atoms with van der Waals surface area (Å²) in [6.45, 7) is 11.9. The molecule has 0 radical (unpaired) electrons. The molecule has 2 rings (SSSR count). The van der Waals surface area contributed by atoms with Gasteiger partial charge < -0.3 is 14.6 Å². The predicted octanol–water partition coefficient (Wildman–Crippen LogP) is 7.61. The Balaban J connectivity index is 2.40. The van der Waals surface area contributed by atoms with Crippen molar-refractivity contribution in [3.05, 3.63) is 93.9 Å². The smallest absolute Gasteiger partial charge is 0.296 e. The number of benzene rings is 1. The molecule has 1 heterocycles. The number of allylic oxidation sites excluding steroid dienone is 6. The summed E-state index contributed by atoms with van der Waals surface area (Å²) in [7, 11) is 1.47. The van der Waals surface area contributed by atoms with E-state index in [1.807, 2.05) is 58.9 Å². The van der Waals surface area contributed by atoms with E-state index in [0.717, 1.165) is 40.1 Å². The second kappa shape index (κ2) is 17.1. The zero-order valence-electron chi connectivity index (χ0n) is 24.9. The van der Waals surface area contributed by atoms with Crippen molar-refractivity contribution in [1.82, 2.24) is 10.2 Å².